The molecule has 2 heterocycles. The Labute approximate surface area is 141 Å². The average molecular weight is 333 g/mol. The quantitative estimate of drug-likeness (QED) is 0.568. The number of amidine groups is 1. The molecule has 0 atom stereocenters. The van der Waals surface area contributed by atoms with Crippen LogP contribution in [0.2, 0.25) is 0 Å². The number of aliphatic imine (C=N–C) groups is 1. The minimum Gasteiger partial charge on any atom is -0.478 e. The Morgan fingerprint density at radius 1 is 1.04 bits per heavy atom. The van der Waals surface area contributed by atoms with Crippen LogP contribution in [0.15, 0.2) is 29.3 Å². The van der Waals surface area contributed by atoms with Gasteiger partial charge >= 0.3 is 5.97 Å². The molecule has 1 fully saturated rings. The molecule has 0 unspecified atom stereocenters. The Morgan fingerprint density at radius 3 is 2.46 bits per heavy atom. The highest BCUT2D eigenvalue weighted by Crippen LogP contribution is 2.15. The maximum Gasteiger partial charge on any atom is 0.336 e. The first-order valence-corrected chi connectivity index (χ1v) is 8.18. The Balaban J connectivity index is 0.000000175. The number of benzene rings is 1. The second kappa shape index (κ2) is 9.02. The minimum absolute atomic E-state index is 0.0718. The van der Waals surface area contributed by atoms with Gasteiger partial charge in [-0.05, 0) is 31.4 Å². The van der Waals surface area contributed by atoms with Crippen LogP contribution in [0.25, 0.3) is 0 Å². The predicted molar refractivity (Wildman–Crippen MR) is 89.6 cm³/mol. The summed E-state index contributed by atoms with van der Waals surface area (Å²) in [6.07, 6.45) is 6.63. The van der Waals surface area contributed by atoms with Crippen molar-refractivity contribution in [3.8, 4) is 0 Å². The SMILES string of the molecule is C1CCC2=NCCCN2CC1.O=C(O)c1ccccc1C(=O)NO. The lowest BCUT2D eigenvalue weighted by molar-refractivity contribution is 0.0662. The van der Waals surface area contributed by atoms with Gasteiger partial charge in [0.05, 0.1) is 17.0 Å². The fourth-order valence-electron chi connectivity index (χ4n) is 2.87. The average Bonchev–Trinajstić information content (AvgIpc) is 2.87. The summed E-state index contributed by atoms with van der Waals surface area (Å²) >= 11 is 0. The number of hydrogen-bond acceptors (Lipinski definition) is 5. The third-order valence-electron chi connectivity index (χ3n) is 4.08. The predicted octanol–water partition coefficient (Wildman–Crippen LogP) is 2.17. The van der Waals surface area contributed by atoms with Gasteiger partial charge in [-0.3, -0.25) is 15.0 Å². The van der Waals surface area contributed by atoms with Gasteiger partial charge in [-0.15, -0.1) is 0 Å². The fraction of sp³-hybridized carbons (Fsp3) is 0.471. The lowest BCUT2D eigenvalue weighted by Gasteiger charge is -2.27. The number of aromatic carboxylic acids is 1. The third kappa shape index (κ3) is 4.79. The van der Waals surface area contributed by atoms with Crippen LogP contribution in [0, 0.1) is 0 Å². The maximum absolute atomic E-state index is 10.9. The van der Waals surface area contributed by atoms with Crippen LogP contribution in [-0.2, 0) is 0 Å². The van der Waals surface area contributed by atoms with Crippen molar-refractivity contribution in [3.63, 3.8) is 0 Å². The second-order valence-electron chi connectivity index (χ2n) is 5.74. The molecule has 1 aromatic carbocycles. The summed E-state index contributed by atoms with van der Waals surface area (Å²) in [6, 6.07) is 5.61. The molecule has 1 aromatic rings. The zero-order valence-electron chi connectivity index (χ0n) is 13.6. The van der Waals surface area contributed by atoms with Crippen molar-refractivity contribution < 1.29 is 19.9 Å². The maximum atomic E-state index is 10.9. The van der Waals surface area contributed by atoms with Gasteiger partial charge in [-0.25, -0.2) is 10.3 Å². The zero-order chi connectivity index (χ0) is 17.4. The first kappa shape index (κ1) is 17.9. The second-order valence-corrected chi connectivity index (χ2v) is 5.74. The molecule has 130 valence electrons. The van der Waals surface area contributed by atoms with E-state index in [9.17, 15) is 9.59 Å². The Kier molecular flexibility index (Phi) is 6.74. The summed E-state index contributed by atoms with van der Waals surface area (Å²) in [5.41, 5.74) is 1.16. The summed E-state index contributed by atoms with van der Waals surface area (Å²) in [5.74, 6) is -0.647. The molecule has 1 amide bonds. The van der Waals surface area contributed by atoms with Crippen molar-refractivity contribution in [1.82, 2.24) is 10.4 Å². The number of nitrogens with one attached hydrogen (secondary N) is 1. The molecule has 24 heavy (non-hydrogen) atoms. The van der Waals surface area contributed by atoms with E-state index in [0.29, 0.717) is 0 Å². The molecular formula is C17H23N3O4. The Morgan fingerprint density at radius 2 is 1.75 bits per heavy atom. The normalized spacial score (nSPS) is 16.7. The first-order valence-electron chi connectivity index (χ1n) is 8.18. The number of carboxylic acids is 1. The van der Waals surface area contributed by atoms with Gasteiger partial charge < -0.3 is 10.0 Å². The third-order valence-corrected chi connectivity index (χ3v) is 4.08. The summed E-state index contributed by atoms with van der Waals surface area (Å²) in [6.45, 7) is 3.60. The molecule has 0 radical (unpaired) electrons. The number of carbonyl (C=O) groups is 2. The molecule has 0 aromatic heterocycles. The number of hydrogen-bond donors (Lipinski definition) is 3. The van der Waals surface area contributed by atoms with Crippen LogP contribution < -0.4 is 5.48 Å². The van der Waals surface area contributed by atoms with Gasteiger partial charge in [0.2, 0.25) is 0 Å². The summed E-state index contributed by atoms with van der Waals surface area (Å²) < 4.78 is 0. The zero-order valence-corrected chi connectivity index (χ0v) is 13.6. The molecule has 0 aliphatic carbocycles. The van der Waals surface area contributed by atoms with Crippen LogP contribution in [0.5, 0.6) is 0 Å². The minimum atomic E-state index is -1.21. The number of carbonyl (C=O) groups excluding carboxylic acids is 1. The molecule has 0 bridgehead atoms. The molecule has 2 aliphatic heterocycles. The number of hydroxylamine groups is 1. The highest BCUT2D eigenvalue weighted by Gasteiger charge is 2.16. The first-order chi connectivity index (χ1) is 11.6. The number of rotatable bonds is 2. The van der Waals surface area contributed by atoms with Crippen molar-refractivity contribution in [2.45, 2.75) is 32.1 Å². The van der Waals surface area contributed by atoms with Crippen LogP contribution in [0.1, 0.15) is 52.8 Å². The lowest BCUT2D eigenvalue weighted by Crippen LogP contribution is -2.34. The van der Waals surface area contributed by atoms with E-state index in [2.05, 4.69) is 9.89 Å². The lowest BCUT2D eigenvalue weighted by atomic mass is 10.1. The smallest absolute Gasteiger partial charge is 0.336 e. The van der Waals surface area contributed by atoms with Crippen LogP contribution >= 0.6 is 0 Å². The van der Waals surface area contributed by atoms with Crippen molar-refractivity contribution in [2.75, 3.05) is 19.6 Å². The van der Waals surface area contributed by atoms with Crippen molar-refractivity contribution in [1.29, 1.82) is 0 Å². The monoisotopic (exact) mass is 333 g/mol. The molecule has 0 saturated carbocycles. The number of fused-ring (bicyclic) bond motifs is 1. The van der Waals surface area contributed by atoms with Crippen LogP contribution in [0.4, 0.5) is 0 Å². The summed E-state index contributed by atoms with van der Waals surface area (Å²) in [7, 11) is 0. The molecule has 7 nitrogen and oxygen atoms in total. The van der Waals surface area contributed by atoms with Gasteiger partial charge in [0, 0.05) is 26.1 Å². The van der Waals surface area contributed by atoms with E-state index >= 15 is 0 Å². The van der Waals surface area contributed by atoms with E-state index < -0.39 is 11.9 Å². The van der Waals surface area contributed by atoms with E-state index in [0.717, 1.165) is 6.54 Å². The molecule has 1 saturated heterocycles. The van der Waals surface area contributed by atoms with Crippen LogP contribution in [0.3, 0.4) is 0 Å². The largest absolute Gasteiger partial charge is 0.478 e. The van der Waals surface area contributed by atoms with Crippen molar-refractivity contribution >= 4 is 17.7 Å². The van der Waals surface area contributed by atoms with E-state index in [1.807, 2.05) is 0 Å². The highest BCUT2D eigenvalue weighted by molar-refractivity contribution is 6.04. The van der Waals surface area contributed by atoms with E-state index in [4.69, 9.17) is 10.3 Å². The Hall–Kier alpha value is -2.41. The van der Waals surface area contributed by atoms with Gasteiger partial charge in [0.1, 0.15) is 0 Å². The van der Waals surface area contributed by atoms with E-state index in [1.54, 1.807) is 0 Å². The van der Waals surface area contributed by atoms with Gasteiger partial charge in [0.25, 0.3) is 5.91 Å². The van der Waals surface area contributed by atoms with Crippen LogP contribution in [-0.4, -0.2) is 52.6 Å². The molecule has 7 heteroatoms. The van der Waals surface area contributed by atoms with Crippen molar-refractivity contribution in [2.24, 2.45) is 4.99 Å². The molecular weight excluding hydrogens is 310 g/mol. The van der Waals surface area contributed by atoms with E-state index in [-0.39, 0.29) is 11.1 Å². The fourth-order valence-corrected chi connectivity index (χ4v) is 2.87. The number of nitrogens with zero attached hydrogens (tertiary/aromatic N) is 2. The van der Waals surface area contributed by atoms with Gasteiger partial charge in [-0.1, -0.05) is 18.6 Å². The Bertz CT molecular complexity index is 616. The molecule has 3 rings (SSSR count). The number of amides is 1. The van der Waals surface area contributed by atoms with Gasteiger partial charge in [0.15, 0.2) is 0 Å². The standard InChI is InChI=1S/C9H16N2.C8H7NO4/c1-2-5-9-10-6-4-8-11(9)7-3-1;10-7(9-13)5-3-1-2-4-6(5)8(11)12/h1-8H2;1-4,13H,(H,9,10)(H,11,12). The topological polar surface area (TPSA) is 102 Å². The van der Waals surface area contributed by atoms with Crippen molar-refractivity contribution in [3.05, 3.63) is 35.4 Å². The summed E-state index contributed by atoms with van der Waals surface area (Å²) in [4.78, 5) is 28.5. The van der Waals surface area contributed by atoms with Gasteiger partial charge in [-0.2, -0.15) is 0 Å². The highest BCUT2D eigenvalue weighted by atomic mass is 16.5. The molecule has 3 N–H and O–H groups in total. The number of carboxylic acid groups (broad SMARTS) is 1. The molecule has 2 aliphatic rings. The molecule has 0 spiro atoms. The van der Waals surface area contributed by atoms with E-state index in [1.165, 1.54) is 80.8 Å². The summed E-state index contributed by atoms with van der Waals surface area (Å²) in [5, 5.41) is 17.0.